The standard InChI is InChI=1S/C14H19BrClFN2/c15-5-8-18-6-2-7-19(10-9-18)11-12-13(16)3-1-4-14(12)17/h1,3-4H,2,5-11H2. The highest BCUT2D eigenvalue weighted by Crippen LogP contribution is 2.21. The van der Waals surface area contributed by atoms with E-state index in [0.717, 1.165) is 44.5 Å². The van der Waals surface area contributed by atoms with Crippen LogP contribution in [0.15, 0.2) is 18.2 Å². The fourth-order valence-electron chi connectivity index (χ4n) is 2.43. The maximum atomic E-state index is 13.8. The van der Waals surface area contributed by atoms with Crippen LogP contribution in [0, 0.1) is 5.82 Å². The fraction of sp³-hybridized carbons (Fsp3) is 0.571. The largest absolute Gasteiger partial charge is 0.301 e. The molecule has 1 heterocycles. The zero-order valence-corrected chi connectivity index (χ0v) is 13.3. The monoisotopic (exact) mass is 348 g/mol. The summed E-state index contributed by atoms with van der Waals surface area (Å²) in [7, 11) is 0. The molecule has 106 valence electrons. The van der Waals surface area contributed by atoms with E-state index in [4.69, 9.17) is 11.6 Å². The summed E-state index contributed by atoms with van der Waals surface area (Å²) in [6, 6.07) is 4.90. The summed E-state index contributed by atoms with van der Waals surface area (Å²) in [5.74, 6) is -0.200. The Hall–Kier alpha value is -0.160. The third kappa shape index (κ3) is 4.42. The van der Waals surface area contributed by atoms with Crippen LogP contribution in [-0.2, 0) is 6.54 Å². The smallest absolute Gasteiger partial charge is 0.129 e. The van der Waals surface area contributed by atoms with E-state index in [1.165, 1.54) is 6.07 Å². The average Bonchev–Trinajstić information content (AvgIpc) is 2.60. The minimum absolute atomic E-state index is 0.200. The van der Waals surface area contributed by atoms with Gasteiger partial charge in [0.05, 0.1) is 0 Å². The van der Waals surface area contributed by atoms with Gasteiger partial charge in [0.2, 0.25) is 0 Å². The molecule has 0 spiro atoms. The van der Waals surface area contributed by atoms with Gasteiger partial charge in [-0.1, -0.05) is 33.6 Å². The molecule has 0 N–H and O–H groups in total. The second kappa shape index (κ2) is 7.58. The van der Waals surface area contributed by atoms with Crippen molar-refractivity contribution in [3.8, 4) is 0 Å². The van der Waals surface area contributed by atoms with Gasteiger partial charge < -0.3 is 4.90 Å². The summed E-state index contributed by atoms with van der Waals surface area (Å²) in [4.78, 5) is 4.73. The predicted octanol–water partition coefficient (Wildman–Crippen LogP) is 3.38. The van der Waals surface area contributed by atoms with E-state index >= 15 is 0 Å². The van der Waals surface area contributed by atoms with Crippen molar-refractivity contribution in [3.05, 3.63) is 34.6 Å². The lowest BCUT2D eigenvalue weighted by molar-refractivity contribution is 0.256. The van der Waals surface area contributed by atoms with Crippen molar-refractivity contribution < 1.29 is 4.39 Å². The molecule has 0 amide bonds. The number of benzene rings is 1. The lowest BCUT2D eigenvalue weighted by atomic mass is 10.2. The Morgan fingerprint density at radius 2 is 1.89 bits per heavy atom. The fourth-order valence-corrected chi connectivity index (χ4v) is 3.16. The third-order valence-electron chi connectivity index (χ3n) is 3.53. The van der Waals surface area contributed by atoms with Crippen LogP contribution in [0.1, 0.15) is 12.0 Å². The molecule has 5 heteroatoms. The molecule has 1 aliphatic rings. The SMILES string of the molecule is Fc1cccc(Cl)c1CN1CCCN(CCBr)CC1. The Bertz CT molecular complexity index is 396. The van der Waals surface area contributed by atoms with Crippen molar-refractivity contribution >= 4 is 27.5 Å². The van der Waals surface area contributed by atoms with E-state index < -0.39 is 0 Å². The van der Waals surface area contributed by atoms with Gasteiger partial charge in [-0.25, -0.2) is 4.39 Å². The molecule has 2 nitrogen and oxygen atoms in total. The van der Waals surface area contributed by atoms with Crippen molar-refractivity contribution in [2.24, 2.45) is 0 Å². The number of hydrogen-bond donors (Lipinski definition) is 0. The van der Waals surface area contributed by atoms with Gasteiger partial charge in [-0.2, -0.15) is 0 Å². The number of rotatable bonds is 4. The molecule has 1 saturated heterocycles. The normalized spacial score (nSPS) is 18.5. The molecule has 1 aromatic carbocycles. The van der Waals surface area contributed by atoms with Crippen LogP contribution in [0.3, 0.4) is 0 Å². The molecule has 2 rings (SSSR count). The third-order valence-corrected chi connectivity index (χ3v) is 4.23. The Morgan fingerprint density at radius 1 is 1.16 bits per heavy atom. The van der Waals surface area contributed by atoms with E-state index in [1.54, 1.807) is 12.1 Å². The van der Waals surface area contributed by atoms with Gasteiger partial charge in [-0.3, -0.25) is 4.90 Å². The van der Waals surface area contributed by atoms with Crippen LogP contribution in [0.25, 0.3) is 0 Å². The van der Waals surface area contributed by atoms with E-state index in [1.807, 2.05) is 0 Å². The van der Waals surface area contributed by atoms with Gasteiger partial charge in [-0.15, -0.1) is 0 Å². The molecule has 1 aromatic rings. The average molecular weight is 350 g/mol. The molecule has 0 radical (unpaired) electrons. The first-order chi connectivity index (χ1) is 9.20. The molecule has 0 unspecified atom stereocenters. The summed E-state index contributed by atoms with van der Waals surface area (Å²) < 4.78 is 13.8. The first kappa shape index (κ1) is 15.2. The molecular weight excluding hydrogens is 331 g/mol. The predicted molar refractivity (Wildman–Crippen MR) is 81.5 cm³/mol. The second-order valence-electron chi connectivity index (χ2n) is 4.86. The van der Waals surface area contributed by atoms with Crippen molar-refractivity contribution in [1.29, 1.82) is 0 Å². The van der Waals surface area contributed by atoms with Crippen molar-refractivity contribution in [1.82, 2.24) is 9.80 Å². The minimum Gasteiger partial charge on any atom is -0.301 e. The first-order valence-electron chi connectivity index (χ1n) is 6.64. The molecule has 0 saturated carbocycles. The summed E-state index contributed by atoms with van der Waals surface area (Å²) >= 11 is 9.56. The lowest BCUT2D eigenvalue weighted by Crippen LogP contribution is -2.31. The Kier molecular flexibility index (Phi) is 6.07. The molecular formula is C14H19BrClFN2. The maximum absolute atomic E-state index is 13.8. The second-order valence-corrected chi connectivity index (χ2v) is 6.06. The highest BCUT2D eigenvalue weighted by molar-refractivity contribution is 9.09. The number of alkyl halides is 1. The van der Waals surface area contributed by atoms with Crippen LogP contribution in [-0.4, -0.2) is 47.9 Å². The van der Waals surface area contributed by atoms with E-state index in [0.29, 0.717) is 17.1 Å². The summed E-state index contributed by atoms with van der Waals surface area (Å²) in [5, 5.41) is 1.54. The topological polar surface area (TPSA) is 6.48 Å². The minimum atomic E-state index is -0.200. The Labute approximate surface area is 127 Å². The van der Waals surface area contributed by atoms with Crippen LogP contribution in [0.5, 0.6) is 0 Å². The molecule has 0 aromatic heterocycles. The highest BCUT2D eigenvalue weighted by atomic mass is 79.9. The Morgan fingerprint density at radius 3 is 2.63 bits per heavy atom. The van der Waals surface area contributed by atoms with Gasteiger partial charge >= 0.3 is 0 Å². The summed E-state index contributed by atoms with van der Waals surface area (Å²) in [6.45, 7) is 5.81. The zero-order valence-electron chi connectivity index (χ0n) is 10.9. The van der Waals surface area contributed by atoms with E-state index in [-0.39, 0.29) is 5.82 Å². The maximum Gasteiger partial charge on any atom is 0.129 e. The number of nitrogens with zero attached hydrogens (tertiary/aromatic N) is 2. The van der Waals surface area contributed by atoms with Gasteiger partial charge in [0.15, 0.2) is 0 Å². The van der Waals surface area contributed by atoms with Crippen molar-refractivity contribution in [2.45, 2.75) is 13.0 Å². The van der Waals surface area contributed by atoms with Crippen LogP contribution in [0.2, 0.25) is 5.02 Å². The first-order valence-corrected chi connectivity index (χ1v) is 8.14. The number of hydrogen-bond acceptors (Lipinski definition) is 2. The highest BCUT2D eigenvalue weighted by Gasteiger charge is 2.17. The molecule has 0 aliphatic carbocycles. The quantitative estimate of drug-likeness (QED) is 0.769. The molecule has 1 aliphatic heterocycles. The zero-order chi connectivity index (χ0) is 13.7. The van der Waals surface area contributed by atoms with Gasteiger partial charge in [0, 0.05) is 42.1 Å². The van der Waals surface area contributed by atoms with Crippen molar-refractivity contribution in [3.63, 3.8) is 0 Å². The van der Waals surface area contributed by atoms with Crippen LogP contribution >= 0.6 is 27.5 Å². The van der Waals surface area contributed by atoms with Crippen LogP contribution < -0.4 is 0 Å². The van der Waals surface area contributed by atoms with Gasteiger partial charge in [0.1, 0.15) is 5.82 Å². The molecule has 0 bridgehead atoms. The van der Waals surface area contributed by atoms with E-state index in [2.05, 4.69) is 25.7 Å². The molecule has 19 heavy (non-hydrogen) atoms. The summed E-state index contributed by atoms with van der Waals surface area (Å²) in [5.41, 5.74) is 0.623. The van der Waals surface area contributed by atoms with E-state index in [9.17, 15) is 4.39 Å². The molecule has 1 fully saturated rings. The Balaban J connectivity index is 1.96. The van der Waals surface area contributed by atoms with Gasteiger partial charge in [0.25, 0.3) is 0 Å². The number of halogens is 3. The van der Waals surface area contributed by atoms with Crippen LogP contribution in [0.4, 0.5) is 4.39 Å². The van der Waals surface area contributed by atoms with Crippen molar-refractivity contribution in [2.75, 3.05) is 38.1 Å². The lowest BCUT2D eigenvalue weighted by Gasteiger charge is -2.22. The summed E-state index contributed by atoms with van der Waals surface area (Å²) in [6.07, 6.45) is 1.12. The van der Waals surface area contributed by atoms with Gasteiger partial charge in [-0.05, 0) is 31.6 Å². The molecule has 0 atom stereocenters.